The zero-order valence-corrected chi connectivity index (χ0v) is 19.4. The third kappa shape index (κ3) is 7.43. The second-order valence-electron chi connectivity index (χ2n) is 6.36. The SMILES string of the molecule is C[C@H](O)[C@@](F)(COP(=O)(O)OP(=O)(O)OP(=O)(O)O)O[C@H](CO)n1cnc2c(=O)[nH]c(N)nc21. The Balaban J connectivity index is 2.26. The molecule has 2 aromatic rings. The second kappa shape index (κ2) is 10.2. The Hall–Kier alpha value is -1.63. The molecular weight excluding hydrogens is 538 g/mol. The number of hydrogen-bond donors (Lipinski definition) is 8. The predicted molar refractivity (Wildman–Crippen MR) is 105 cm³/mol. The van der Waals surface area contributed by atoms with E-state index in [0.717, 1.165) is 17.8 Å². The largest absolute Gasteiger partial charge is 0.490 e. The van der Waals surface area contributed by atoms with Crippen molar-refractivity contribution in [3.05, 3.63) is 16.7 Å². The summed E-state index contributed by atoms with van der Waals surface area (Å²) in [5.74, 6) is -3.81. The van der Waals surface area contributed by atoms with Crippen LogP contribution in [-0.2, 0) is 31.6 Å². The number of aliphatic hydroxyl groups is 2. The highest BCUT2D eigenvalue weighted by atomic mass is 31.3. The van der Waals surface area contributed by atoms with E-state index in [0.29, 0.717) is 0 Å². The number of aromatic amines is 1. The van der Waals surface area contributed by atoms with Gasteiger partial charge in [-0.15, -0.1) is 0 Å². The fourth-order valence-electron chi connectivity index (χ4n) is 2.29. The molecule has 34 heavy (non-hydrogen) atoms. The van der Waals surface area contributed by atoms with E-state index in [2.05, 4.69) is 28.1 Å². The Kier molecular flexibility index (Phi) is 8.55. The van der Waals surface area contributed by atoms with Gasteiger partial charge in [-0.3, -0.25) is 18.9 Å². The maximum atomic E-state index is 15.3. The normalized spacial score (nSPS) is 19.8. The van der Waals surface area contributed by atoms with Crippen LogP contribution in [0.1, 0.15) is 13.2 Å². The number of hydrogen-bond acceptors (Lipinski definition) is 13. The van der Waals surface area contributed by atoms with Gasteiger partial charge in [-0.1, -0.05) is 0 Å². The molecule has 0 aliphatic heterocycles. The first-order chi connectivity index (χ1) is 15.4. The Morgan fingerprint density at radius 2 is 1.85 bits per heavy atom. The number of nitrogens with one attached hydrogen (secondary N) is 1. The molecule has 2 rings (SSSR count). The number of halogens is 1. The third-order valence-electron chi connectivity index (χ3n) is 3.71. The number of ether oxygens (including phenoxy) is 1. The predicted octanol–water partition coefficient (Wildman–Crippen LogP) is -1.40. The van der Waals surface area contributed by atoms with Gasteiger partial charge in [0.15, 0.2) is 17.4 Å². The maximum Gasteiger partial charge on any atom is 0.490 e. The van der Waals surface area contributed by atoms with Crippen LogP contribution in [0.15, 0.2) is 11.1 Å². The van der Waals surface area contributed by atoms with Gasteiger partial charge in [-0.2, -0.15) is 13.6 Å². The minimum Gasteiger partial charge on any atom is -0.392 e. The summed E-state index contributed by atoms with van der Waals surface area (Å²) in [7, 11) is -17.3. The van der Waals surface area contributed by atoms with Gasteiger partial charge in [-0.05, 0) is 6.92 Å². The number of aromatic nitrogens is 4. The van der Waals surface area contributed by atoms with Gasteiger partial charge in [0.2, 0.25) is 5.95 Å². The molecule has 194 valence electrons. The van der Waals surface area contributed by atoms with Crippen molar-refractivity contribution in [2.45, 2.75) is 25.1 Å². The summed E-state index contributed by atoms with van der Waals surface area (Å²) in [5, 5.41) is 19.4. The molecule has 0 radical (unpaired) electrons. The number of alkyl halides is 1. The van der Waals surface area contributed by atoms with Crippen LogP contribution < -0.4 is 11.3 Å². The molecule has 0 spiro atoms. The lowest BCUT2D eigenvalue weighted by Gasteiger charge is -2.32. The molecule has 0 amide bonds. The smallest absolute Gasteiger partial charge is 0.392 e. The van der Waals surface area contributed by atoms with Crippen LogP contribution >= 0.6 is 23.5 Å². The molecule has 9 N–H and O–H groups in total. The monoisotopic (exact) mass is 557 g/mol. The minimum absolute atomic E-state index is 0.277. The van der Waals surface area contributed by atoms with Crippen molar-refractivity contribution in [1.82, 2.24) is 19.5 Å². The molecule has 23 heteroatoms. The first kappa shape index (κ1) is 28.6. The molecule has 5 atom stereocenters. The Morgan fingerprint density at radius 1 is 1.24 bits per heavy atom. The summed E-state index contributed by atoms with van der Waals surface area (Å²) in [6, 6.07) is 0. The van der Waals surface area contributed by atoms with E-state index >= 15 is 4.39 Å². The van der Waals surface area contributed by atoms with Crippen molar-refractivity contribution in [1.29, 1.82) is 0 Å². The second-order valence-corrected chi connectivity index (χ2v) is 10.8. The Labute approximate surface area is 187 Å². The van der Waals surface area contributed by atoms with E-state index in [4.69, 9.17) is 25.2 Å². The average Bonchev–Trinajstić information content (AvgIpc) is 3.05. The third-order valence-corrected chi connectivity index (χ3v) is 7.50. The summed E-state index contributed by atoms with van der Waals surface area (Å²) in [6.07, 6.45) is -3.05. The minimum atomic E-state index is -5.88. The molecule has 0 aromatic carbocycles. The number of H-pyrrole nitrogens is 1. The maximum absolute atomic E-state index is 15.3. The Morgan fingerprint density at radius 3 is 2.38 bits per heavy atom. The number of anilines is 1. The first-order valence-corrected chi connectivity index (χ1v) is 13.1. The van der Waals surface area contributed by atoms with E-state index in [1.165, 1.54) is 0 Å². The number of rotatable bonds is 12. The molecule has 0 saturated heterocycles. The lowest BCUT2D eigenvalue weighted by molar-refractivity contribution is -0.263. The molecule has 19 nitrogen and oxygen atoms in total. The van der Waals surface area contributed by atoms with Gasteiger partial charge in [0.1, 0.15) is 12.7 Å². The topological polar surface area (TPSA) is 299 Å². The van der Waals surface area contributed by atoms with Crippen LogP contribution in [-0.4, -0.2) is 74.5 Å². The molecule has 2 heterocycles. The van der Waals surface area contributed by atoms with Crippen LogP contribution in [0.2, 0.25) is 0 Å². The zero-order chi connectivity index (χ0) is 26.1. The molecular formula is C11H19FN5O14P3. The number of fused-ring (bicyclic) bond motifs is 1. The van der Waals surface area contributed by atoms with Gasteiger partial charge < -0.3 is 40.3 Å². The van der Waals surface area contributed by atoms with Crippen LogP contribution in [0.5, 0.6) is 0 Å². The van der Waals surface area contributed by atoms with E-state index in [1.807, 2.05) is 0 Å². The Bertz CT molecular complexity index is 1230. The number of aliphatic hydroxyl groups excluding tert-OH is 2. The molecule has 0 aliphatic rings. The van der Waals surface area contributed by atoms with Crippen molar-refractivity contribution >= 4 is 40.6 Å². The van der Waals surface area contributed by atoms with E-state index in [-0.39, 0.29) is 17.1 Å². The number of nitrogens with zero attached hydrogens (tertiary/aromatic N) is 3. The zero-order valence-electron chi connectivity index (χ0n) is 16.7. The van der Waals surface area contributed by atoms with E-state index in [1.54, 1.807) is 0 Å². The van der Waals surface area contributed by atoms with E-state index < -0.39 is 60.4 Å². The average molecular weight is 557 g/mol. The summed E-state index contributed by atoms with van der Waals surface area (Å²) < 4.78 is 66.0. The molecule has 0 aliphatic carbocycles. The lowest BCUT2D eigenvalue weighted by atomic mass is 10.2. The van der Waals surface area contributed by atoms with Crippen molar-refractivity contribution in [2.75, 3.05) is 18.9 Å². The van der Waals surface area contributed by atoms with E-state index in [9.17, 15) is 33.6 Å². The van der Waals surface area contributed by atoms with Crippen LogP contribution in [0.4, 0.5) is 10.3 Å². The lowest BCUT2D eigenvalue weighted by Crippen LogP contribution is -2.45. The van der Waals surface area contributed by atoms with Gasteiger partial charge in [-0.25, -0.2) is 23.1 Å². The summed E-state index contributed by atoms with van der Waals surface area (Å²) in [4.78, 5) is 57.1. The first-order valence-electron chi connectivity index (χ1n) is 8.54. The number of imidazole rings is 1. The molecule has 0 saturated carbocycles. The fraction of sp³-hybridized carbons (Fsp3) is 0.545. The van der Waals surface area contributed by atoms with Gasteiger partial charge in [0.05, 0.1) is 12.9 Å². The summed E-state index contributed by atoms with van der Waals surface area (Å²) in [5.41, 5.74) is 4.09. The standard InChI is InChI=1S/C11H19FN5O14P3/c1-5(19)11(12,3-28-33(24,25)31-34(26,27)30-32(21,22)23)29-6(2-18)17-4-14-7-8(17)15-10(13)16-9(7)20/h4-6,18-19H,2-3H2,1H3,(H,24,25)(H,26,27)(H2,21,22,23)(H3,13,15,16,20)/t5-,6+,11+/m0/s1. The number of phosphoric acid groups is 3. The molecule has 0 fully saturated rings. The quantitative estimate of drug-likeness (QED) is 0.139. The summed E-state index contributed by atoms with van der Waals surface area (Å²) >= 11 is 0. The van der Waals surface area contributed by atoms with Gasteiger partial charge in [0, 0.05) is 0 Å². The fourth-order valence-corrected chi connectivity index (χ4v) is 5.32. The molecule has 2 unspecified atom stereocenters. The van der Waals surface area contributed by atoms with Crippen LogP contribution in [0.25, 0.3) is 11.2 Å². The van der Waals surface area contributed by atoms with Crippen molar-refractivity contribution in [3.63, 3.8) is 0 Å². The highest BCUT2D eigenvalue weighted by molar-refractivity contribution is 7.66. The summed E-state index contributed by atoms with van der Waals surface area (Å²) in [6.45, 7) is -1.94. The van der Waals surface area contributed by atoms with Crippen molar-refractivity contribution < 1.29 is 65.8 Å². The number of nitrogen functional groups attached to an aromatic ring is 1. The van der Waals surface area contributed by atoms with Crippen molar-refractivity contribution in [3.8, 4) is 0 Å². The molecule has 0 bridgehead atoms. The highest BCUT2D eigenvalue weighted by Gasteiger charge is 2.46. The number of phosphoric ester groups is 1. The van der Waals surface area contributed by atoms with Gasteiger partial charge >= 0.3 is 23.5 Å². The van der Waals surface area contributed by atoms with Crippen molar-refractivity contribution in [2.24, 2.45) is 0 Å². The van der Waals surface area contributed by atoms with Crippen LogP contribution in [0.3, 0.4) is 0 Å². The highest BCUT2D eigenvalue weighted by Crippen LogP contribution is 2.66. The number of nitrogens with two attached hydrogens (primary N) is 1. The van der Waals surface area contributed by atoms with Crippen LogP contribution in [0, 0.1) is 0 Å². The van der Waals surface area contributed by atoms with Gasteiger partial charge in [0.25, 0.3) is 11.4 Å². The molecule has 2 aromatic heterocycles.